The summed E-state index contributed by atoms with van der Waals surface area (Å²) in [6.07, 6.45) is 1.18. The molecule has 0 saturated heterocycles. The van der Waals surface area contributed by atoms with E-state index in [-0.39, 0.29) is 22.3 Å². The Morgan fingerprint density at radius 3 is 2.39 bits per heavy atom. The van der Waals surface area contributed by atoms with Crippen molar-refractivity contribution in [3.63, 3.8) is 0 Å². The van der Waals surface area contributed by atoms with Gasteiger partial charge in [0, 0.05) is 29.1 Å². The number of aromatic amines is 1. The Kier molecular flexibility index (Phi) is 6.75. The van der Waals surface area contributed by atoms with Gasteiger partial charge >= 0.3 is 0 Å². The third-order valence-electron chi connectivity index (χ3n) is 4.77. The van der Waals surface area contributed by atoms with Crippen molar-refractivity contribution in [3.8, 4) is 10.4 Å². The molecule has 10 heteroatoms. The number of hydrogen-bond donors (Lipinski definition) is 1. The van der Waals surface area contributed by atoms with Gasteiger partial charge in [0.15, 0.2) is 9.84 Å². The van der Waals surface area contributed by atoms with Crippen LogP contribution >= 0.6 is 11.3 Å². The molecule has 0 fully saturated rings. The van der Waals surface area contributed by atoms with Crippen LogP contribution in [-0.4, -0.2) is 44.1 Å². The van der Waals surface area contributed by atoms with Gasteiger partial charge < -0.3 is 0 Å². The van der Waals surface area contributed by atoms with E-state index in [0.717, 1.165) is 15.3 Å². The van der Waals surface area contributed by atoms with Crippen LogP contribution in [0.15, 0.2) is 46.2 Å². The van der Waals surface area contributed by atoms with Crippen LogP contribution < -0.4 is 0 Å². The fourth-order valence-corrected chi connectivity index (χ4v) is 7.06. The van der Waals surface area contributed by atoms with Gasteiger partial charge in [-0.05, 0) is 49.6 Å². The molecule has 0 atom stereocenters. The molecular formula is C21H27N3O4S3. The van der Waals surface area contributed by atoms with E-state index in [1.165, 1.54) is 21.9 Å². The molecule has 2 aromatic heterocycles. The van der Waals surface area contributed by atoms with Gasteiger partial charge in [0.1, 0.15) is 4.90 Å². The first kappa shape index (κ1) is 23.6. The summed E-state index contributed by atoms with van der Waals surface area (Å²) in [4.78, 5) is 2.25. The minimum Gasteiger partial charge on any atom is -0.281 e. The van der Waals surface area contributed by atoms with Gasteiger partial charge in [-0.2, -0.15) is 9.40 Å². The number of thiophene rings is 1. The highest BCUT2D eigenvalue weighted by molar-refractivity contribution is 7.90. The van der Waals surface area contributed by atoms with Gasteiger partial charge in [-0.25, -0.2) is 16.8 Å². The van der Waals surface area contributed by atoms with Crippen molar-refractivity contribution in [3.05, 3.63) is 52.7 Å². The number of H-pyrrole nitrogens is 1. The Morgan fingerprint density at radius 1 is 1.10 bits per heavy atom. The van der Waals surface area contributed by atoms with Crippen molar-refractivity contribution in [2.45, 2.75) is 44.0 Å². The Labute approximate surface area is 188 Å². The van der Waals surface area contributed by atoms with Crippen molar-refractivity contribution in [2.75, 3.05) is 12.8 Å². The molecule has 1 aromatic carbocycles. The molecule has 31 heavy (non-hydrogen) atoms. The topological polar surface area (TPSA) is 100 Å². The summed E-state index contributed by atoms with van der Waals surface area (Å²) in [6, 6.07) is 10.6. The second kappa shape index (κ2) is 8.85. The summed E-state index contributed by atoms with van der Waals surface area (Å²) in [5.41, 5.74) is 1.77. The standard InChI is InChI=1S/C21H27N3O4S3/c1-14(2)12-24(31(27,28)21-15(3)22-23-16(21)4)13-18-9-10-20(29-18)17-7-6-8-19(11-17)30(5,25)26/h6-11,14H,12-13H2,1-5H3,(H,22,23). The molecule has 168 valence electrons. The summed E-state index contributed by atoms with van der Waals surface area (Å²) < 4.78 is 52.1. The second-order valence-electron chi connectivity index (χ2n) is 8.02. The van der Waals surface area contributed by atoms with Gasteiger partial charge in [-0.15, -0.1) is 11.3 Å². The third-order valence-corrected chi connectivity index (χ3v) is 9.07. The molecule has 0 radical (unpaired) electrons. The molecule has 0 aliphatic carbocycles. The maximum atomic E-state index is 13.4. The Bertz CT molecular complexity index is 1270. The number of nitrogens with one attached hydrogen (secondary N) is 1. The van der Waals surface area contributed by atoms with E-state index in [2.05, 4.69) is 10.2 Å². The van der Waals surface area contributed by atoms with Crippen LogP contribution in [0.5, 0.6) is 0 Å². The van der Waals surface area contributed by atoms with Crippen molar-refractivity contribution >= 4 is 31.2 Å². The summed E-state index contributed by atoms with van der Waals surface area (Å²) >= 11 is 1.46. The lowest BCUT2D eigenvalue weighted by Crippen LogP contribution is -2.34. The SMILES string of the molecule is Cc1n[nH]c(C)c1S(=O)(=O)N(Cc1ccc(-c2cccc(S(C)(=O)=O)c2)s1)CC(C)C. The zero-order valence-corrected chi connectivity index (χ0v) is 20.7. The van der Waals surface area contributed by atoms with E-state index in [9.17, 15) is 16.8 Å². The lowest BCUT2D eigenvalue weighted by atomic mass is 10.2. The highest BCUT2D eigenvalue weighted by Crippen LogP contribution is 2.32. The number of hydrogen-bond acceptors (Lipinski definition) is 6. The molecule has 7 nitrogen and oxygen atoms in total. The van der Waals surface area contributed by atoms with Crippen LogP contribution in [0.1, 0.15) is 30.1 Å². The van der Waals surface area contributed by atoms with Crippen molar-refractivity contribution < 1.29 is 16.8 Å². The minimum absolute atomic E-state index is 0.146. The van der Waals surface area contributed by atoms with Gasteiger partial charge in [0.05, 0.1) is 16.3 Å². The molecule has 3 aromatic rings. The lowest BCUT2D eigenvalue weighted by molar-refractivity contribution is 0.364. The number of sulfone groups is 1. The van der Waals surface area contributed by atoms with Crippen LogP contribution in [0.2, 0.25) is 0 Å². The summed E-state index contributed by atoms with van der Waals surface area (Å²) in [5, 5.41) is 6.80. The average Bonchev–Trinajstić information content (AvgIpc) is 3.27. The fraction of sp³-hybridized carbons (Fsp3) is 0.381. The van der Waals surface area contributed by atoms with Crippen LogP contribution in [0.4, 0.5) is 0 Å². The first-order valence-corrected chi connectivity index (χ1v) is 14.0. The van der Waals surface area contributed by atoms with Gasteiger partial charge in [-0.3, -0.25) is 5.10 Å². The summed E-state index contributed by atoms with van der Waals surface area (Å²) in [6.45, 7) is 7.97. The molecule has 0 amide bonds. The van der Waals surface area contributed by atoms with Crippen LogP contribution in [0, 0.1) is 19.8 Å². The normalized spacial score (nSPS) is 12.7. The average molecular weight is 482 g/mol. The van der Waals surface area contributed by atoms with Crippen LogP contribution in [0.3, 0.4) is 0 Å². The highest BCUT2D eigenvalue weighted by Gasteiger charge is 2.30. The third kappa shape index (κ3) is 5.25. The smallest absolute Gasteiger partial charge is 0.247 e. The number of rotatable bonds is 8. The van der Waals surface area contributed by atoms with Crippen LogP contribution in [-0.2, 0) is 26.4 Å². The molecule has 0 saturated carbocycles. The molecule has 0 spiro atoms. The predicted molar refractivity (Wildman–Crippen MR) is 123 cm³/mol. The van der Waals surface area contributed by atoms with E-state index in [4.69, 9.17) is 0 Å². The number of nitrogens with zero attached hydrogens (tertiary/aromatic N) is 2. The first-order chi connectivity index (χ1) is 14.4. The number of aromatic nitrogens is 2. The highest BCUT2D eigenvalue weighted by atomic mass is 32.2. The maximum Gasteiger partial charge on any atom is 0.247 e. The van der Waals surface area contributed by atoms with E-state index in [1.54, 1.807) is 32.0 Å². The Morgan fingerprint density at radius 2 is 1.81 bits per heavy atom. The summed E-state index contributed by atoms with van der Waals surface area (Å²) in [5.74, 6) is 0.146. The molecule has 0 bridgehead atoms. The van der Waals surface area contributed by atoms with E-state index in [0.29, 0.717) is 17.9 Å². The van der Waals surface area contributed by atoms with Crippen molar-refractivity contribution in [2.24, 2.45) is 5.92 Å². The van der Waals surface area contributed by atoms with E-state index in [1.807, 2.05) is 32.0 Å². The van der Waals surface area contributed by atoms with Crippen LogP contribution in [0.25, 0.3) is 10.4 Å². The molecule has 0 aliphatic heterocycles. The number of sulfonamides is 1. The number of aryl methyl sites for hydroxylation is 2. The monoisotopic (exact) mass is 481 g/mol. The fourth-order valence-electron chi connectivity index (χ4n) is 3.38. The molecule has 1 N–H and O–H groups in total. The van der Waals surface area contributed by atoms with Gasteiger partial charge in [0.25, 0.3) is 0 Å². The predicted octanol–water partition coefficient (Wildman–Crippen LogP) is 4.01. The van der Waals surface area contributed by atoms with E-state index >= 15 is 0 Å². The summed E-state index contributed by atoms with van der Waals surface area (Å²) in [7, 11) is -7.03. The maximum absolute atomic E-state index is 13.4. The van der Waals surface area contributed by atoms with Crippen molar-refractivity contribution in [1.29, 1.82) is 0 Å². The number of benzene rings is 1. The Hall–Kier alpha value is -2.01. The molecular weight excluding hydrogens is 454 g/mol. The Balaban J connectivity index is 1.94. The lowest BCUT2D eigenvalue weighted by Gasteiger charge is -2.23. The van der Waals surface area contributed by atoms with Gasteiger partial charge in [0.2, 0.25) is 10.0 Å². The molecule has 0 aliphatic rings. The van der Waals surface area contributed by atoms with Crippen molar-refractivity contribution in [1.82, 2.24) is 14.5 Å². The minimum atomic E-state index is -3.73. The molecule has 0 unspecified atom stereocenters. The second-order valence-corrected chi connectivity index (χ2v) is 13.1. The quantitative estimate of drug-likeness (QED) is 0.524. The first-order valence-electron chi connectivity index (χ1n) is 9.80. The van der Waals surface area contributed by atoms with Gasteiger partial charge in [-0.1, -0.05) is 26.0 Å². The largest absolute Gasteiger partial charge is 0.281 e. The molecule has 3 rings (SSSR count). The zero-order valence-electron chi connectivity index (χ0n) is 18.2. The molecule has 2 heterocycles. The zero-order chi connectivity index (χ0) is 23.0. The van der Waals surface area contributed by atoms with E-state index < -0.39 is 19.9 Å².